The first-order valence-corrected chi connectivity index (χ1v) is 7.67. The molecule has 0 saturated carbocycles. The molecule has 9 heteroatoms. The van der Waals surface area contributed by atoms with E-state index in [0.29, 0.717) is 0 Å². The molecule has 7 nitrogen and oxygen atoms in total. The first-order chi connectivity index (χ1) is 10.3. The van der Waals surface area contributed by atoms with E-state index in [1.54, 1.807) is 6.07 Å². The molecule has 2 aromatic carbocycles. The Morgan fingerprint density at radius 1 is 1.05 bits per heavy atom. The number of amides is 1. The summed E-state index contributed by atoms with van der Waals surface area (Å²) in [4.78, 5) is 21.9. The Morgan fingerprint density at radius 3 is 2.09 bits per heavy atom. The molecular weight excluding hydrogens is 332 g/mol. The number of non-ortho nitro benzene ring substituents is 1. The van der Waals surface area contributed by atoms with Gasteiger partial charge in [0, 0.05) is 29.5 Å². The van der Waals surface area contributed by atoms with Gasteiger partial charge >= 0.3 is 0 Å². The second kappa shape index (κ2) is 6.12. The molecule has 22 heavy (non-hydrogen) atoms. The van der Waals surface area contributed by atoms with Gasteiger partial charge in [-0.05, 0) is 24.3 Å². The lowest BCUT2D eigenvalue weighted by atomic mass is 10.2. The van der Waals surface area contributed by atoms with E-state index in [9.17, 15) is 23.3 Å². The lowest BCUT2D eigenvalue weighted by Crippen LogP contribution is -2.28. The van der Waals surface area contributed by atoms with Crippen molar-refractivity contribution in [3.8, 4) is 0 Å². The molecule has 0 aromatic heterocycles. The summed E-state index contributed by atoms with van der Waals surface area (Å²) in [6.07, 6.45) is 0. The van der Waals surface area contributed by atoms with Crippen molar-refractivity contribution in [1.29, 1.82) is 0 Å². The summed E-state index contributed by atoms with van der Waals surface area (Å²) in [7, 11) is -4.20. The number of rotatable bonds is 4. The zero-order valence-corrected chi connectivity index (χ0v) is 12.5. The minimum atomic E-state index is -4.20. The molecule has 2 rings (SSSR count). The highest BCUT2D eigenvalue weighted by Crippen LogP contribution is 2.21. The number of nitrogens with zero attached hydrogens (tertiary/aromatic N) is 2. The van der Waals surface area contributed by atoms with Crippen LogP contribution in [0.5, 0.6) is 0 Å². The number of carbonyl (C=O) groups excluding carboxylic acids is 1. The van der Waals surface area contributed by atoms with Crippen LogP contribution in [-0.4, -0.2) is 23.1 Å². The molecule has 0 fully saturated rings. The topological polar surface area (TPSA) is 97.6 Å². The van der Waals surface area contributed by atoms with Crippen molar-refractivity contribution in [2.24, 2.45) is 0 Å². The number of nitro benzene ring substituents is 1. The highest BCUT2D eigenvalue weighted by molar-refractivity contribution is 7.90. The Kier molecular flexibility index (Phi) is 4.43. The van der Waals surface area contributed by atoms with Gasteiger partial charge in [-0.2, -0.15) is 8.42 Å². The molecule has 0 heterocycles. The Balaban J connectivity index is 2.31. The van der Waals surface area contributed by atoms with Crippen LogP contribution in [-0.2, 0) is 10.0 Å². The van der Waals surface area contributed by atoms with E-state index in [2.05, 4.69) is 0 Å². The molecule has 0 aliphatic heterocycles. The fourth-order valence-electron chi connectivity index (χ4n) is 1.62. The van der Waals surface area contributed by atoms with Crippen LogP contribution in [0.15, 0.2) is 59.5 Å². The van der Waals surface area contributed by atoms with Gasteiger partial charge in [-0.15, -0.1) is 3.82 Å². The molecule has 1 amide bonds. The minimum absolute atomic E-state index is 0.0832. The smallest absolute Gasteiger partial charge is 0.267 e. The minimum Gasteiger partial charge on any atom is -0.267 e. The summed E-state index contributed by atoms with van der Waals surface area (Å²) in [6, 6.07) is 11.7. The van der Waals surface area contributed by atoms with E-state index in [1.165, 1.54) is 24.3 Å². The number of hydrogen-bond donors (Lipinski definition) is 0. The van der Waals surface area contributed by atoms with Gasteiger partial charge in [-0.25, -0.2) is 0 Å². The summed E-state index contributed by atoms with van der Waals surface area (Å²) in [5, 5.41) is 10.5. The van der Waals surface area contributed by atoms with Gasteiger partial charge in [0.05, 0.1) is 9.82 Å². The zero-order chi connectivity index (χ0) is 16.3. The first kappa shape index (κ1) is 15.9. The van der Waals surface area contributed by atoms with Gasteiger partial charge in [0.2, 0.25) is 0 Å². The predicted molar refractivity (Wildman–Crippen MR) is 78.7 cm³/mol. The van der Waals surface area contributed by atoms with Crippen LogP contribution < -0.4 is 0 Å². The molecule has 0 bridgehead atoms. The van der Waals surface area contributed by atoms with Gasteiger partial charge in [0.1, 0.15) is 0 Å². The number of carbonyl (C=O) groups is 1. The van der Waals surface area contributed by atoms with Gasteiger partial charge in [0.15, 0.2) is 0 Å². The molecule has 0 atom stereocenters. The van der Waals surface area contributed by atoms with Crippen molar-refractivity contribution in [2.75, 3.05) is 0 Å². The largest absolute Gasteiger partial charge is 0.282 e. The fourth-order valence-corrected chi connectivity index (χ4v) is 2.97. The van der Waals surface area contributed by atoms with Crippen molar-refractivity contribution in [1.82, 2.24) is 3.82 Å². The molecular formula is C13H9ClN2O5S. The number of sulfonamides is 1. The maximum absolute atomic E-state index is 12.2. The van der Waals surface area contributed by atoms with E-state index in [4.69, 9.17) is 11.8 Å². The first-order valence-electron chi connectivity index (χ1n) is 5.89. The van der Waals surface area contributed by atoms with Crippen molar-refractivity contribution in [3.63, 3.8) is 0 Å². The van der Waals surface area contributed by atoms with E-state index >= 15 is 0 Å². The molecule has 2 aromatic rings. The van der Waals surface area contributed by atoms with Crippen LogP contribution in [0.1, 0.15) is 10.4 Å². The third-order valence-corrected chi connectivity index (χ3v) is 4.89. The second-order valence-electron chi connectivity index (χ2n) is 4.14. The van der Waals surface area contributed by atoms with Gasteiger partial charge in [-0.1, -0.05) is 18.2 Å². The Labute approximate surface area is 131 Å². The molecule has 0 aliphatic carbocycles. The third kappa shape index (κ3) is 3.07. The van der Waals surface area contributed by atoms with E-state index in [0.717, 1.165) is 24.3 Å². The van der Waals surface area contributed by atoms with Crippen molar-refractivity contribution >= 4 is 33.4 Å². The number of benzene rings is 2. The fraction of sp³-hybridized carbons (Fsp3) is 0. The molecule has 0 N–H and O–H groups in total. The standard InChI is InChI=1S/C13H9ClN2O5S/c14-15(22(20,21)12-4-2-1-3-5-12)13(17)10-6-8-11(9-7-10)16(18)19/h1-9H. The van der Waals surface area contributed by atoms with Crippen molar-refractivity contribution in [2.45, 2.75) is 4.90 Å². The molecule has 114 valence electrons. The number of hydrogen-bond acceptors (Lipinski definition) is 5. The Hall–Kier alpha value is -2.45. The number of halogens is 1. The summed E-state index contributed by atoms with van der Waals surface area (Å²) in [5.74, 6) is -1.000. The average Bonchev–Trinajstić information content (AvgIpc) is 2.54. The maximum Gasteiger partial charge on any atom is 0.282 e. The van der Waals surface area contributed by atoms with Gasteiger partial charge < -0.3 is 0 Å². The lowest BCUT2D eigenvalue weighted by molar-refractivity contribution is -0.384. The highest BCUT2D eigenvalue weighted by Gasteiger charge is 2.29. The lowest BCUT2D eigenvalue weighted by Gasteiger charge is -2.14. The third-order valence-electron chi connectivity index (χ3n) is 2.74. The average molecular weight is 341 g/mol. The van der Waals surface area contributed by atoms with Crippen LogP contribution in [0, 0.1) is 10.1 Å². The molecule has 0 aliphatic rings. The molecule has 0 radical (unpaired) electrons. The number of nitro groups is 1. The normalized spacial score (nSPS) is 11.0. The summed E-state index contributed by atoms with van der Waals surface area (Å²) < 4.78 is 24.5. The Morgan fingerprint density at radius 2 is 1.59 bits per heavy atom. The zero-order valence-electron chi connectivity index (χ0n) is 10.9. The van der Waals surface area contributed by atoms with E-state index in [1.807, 2.05) is 0 Å². The van der Waals surface area contributed by atoms with Crippen LogP contribution in [0.25, 0.3) is 0 Å². The van der Waals surface area contributed by atoms with Crippen molar-refractivity contribution in [3.05, 3.63) is 70.3 Å². The maximum atomic E-state index is 12.2. The van der Waals surface area contributed by atoms with Crippen LogP contribution in [0.3, 0.4) is 0 Å². The summed E-state index contributed by atoms with van der Waals surface area (Å²) >= 11 is 5.66. The van der Waals surface area contributed by atoms with E-state index in [-0.39, 0.29) is 20.0 Å². The molecule has 0 spiro atoms. The van der Waals surface area contributed by atoms with Gasteiger partial charge in [0.25, 0.3) is 21.6 Å². The van der Waals surface area contributed by atoms with Gasteiger partial charge in [-0.3, -0.25) is 14.9 Å². The quantitative estimate of drug-likeness (QED) is 0.484. The predicted octanol–water partition coefficient (Wildman–Crippen LogP) is 2.58. The highest BCUT2D eigenvalue weighted by atomic mass is 35.5. The van der Waals surface area contributed by atoms with Crippen LogP contribution in [0.2, 0.25) is 0 Å². The Bertz CT molecular complexity index is 806. The molecule has 0 saturated heterocycles. The monoisotopic (exact) mass is 340 g/mol. The molecule has 0 unspecified atom stereocenters. The SMILES string of the molecule is O=C(c1ccc([N+](=O)[O-])cc1)N(Cl)S(=O)(=O)c1ccccc1. The van der Waals surface area contributed by atoms with Crippen LogP contribution >= 0.6 is 11.8 Å². The van der Waals surface area contributed by atoms with Crippen LogP contribution in [0.4, 0.5) is 5.69 Å². The second-order valence-corrected chi connectivity index (χ2v) is 6.47. The van der Waals surface area contributed by atoms with E-state index < -0.39 is 20.9 Å². The van der Waals surface area contributed by atoms with Crippen molar-refractivity contribution < 1.29 is 18.1 Å². The summed E-state index contributed by atoms with van der Waals surface area (Å²) in [5.41, 5.74) is -0.302. The summed E-state index contributed by atoms with van der Waals surface area (Å²) in [6.45, 7) is 0.